The van der Waals surface area contributed by atoms with Crippen molar-refractivity contribution in [1.29, 1.82) is 0 Å². The summed E-state index contributed by atoms with van der Waals surface area (Å²) >= 11 is 1.96. The molecule has 1 heterocycles. The van der Waals surface area contributed by atoms with Gasteiger partial charge >= 0.3 is 0 Å². The monoisotopic (exact) mass is 564 g/mol. The van der Waals surface area contributed by atoms with E-state index in [4.69, 9.17) is 9.73 Å². The summed E-state index contributed by atoms with van der Waals surface area (Å²) in [6, 6.07) is 0.902. The average molecular weight is 565 g/mol. The molecule has 1 amide bonds. The van der Waals surface area contributed by atoms with E-state index in [1.54, 1.807) is 0 Å². The summed E-state index contributed by atoms with van der Waals surface area (Å²) in [5.41, 5.74) is 0.336. The fourth-order valence-corrected chi connectivity index (χ4v) is 6.72. The molecule has 1 spiro atoms. The van der Waals surface area contributed by atoms with Crippen LogP contribution in [0.5, 0.6) is 0 Å². The number of hydrogen-bond donors (Lipinski definition) is 2. The lowest BCUT2D eigenvalue weighted by molar-refractivity contribution is -0.168. The first-order chi connectivity index (χ1) is 14.7. The SMILES string of the molecule is CCN=C(NC1CCC(C(=O)N2CCSCC2)CC1)NC1CC(OCC)C12CCC2.I. The van der Waals surface area contributed by atoms with Crippen molar-refractivity contribution >= 4 is 47.6 Å². The molecule has 0 aromatic rings. The quantitative estimate of drug-likeness (QED) is 0.293. The maximum absolute atomic E-state index is 12.8. The zero-order chi connectivity index (χ0) is 21.0. The predicted octanol–water partition coefficient (Wildman–Crippen LogP) is 3.64. The topological polar surface area (TPSA) is 66.0 Å². The number of nitrogens with one attached hydrogen (secondary N) is 2. The maximum atomic E-state index is 12.8. The molecule has 1 saturated heterocycles. The van der Waals surface area contributed by atoms with Gasteiger partial charge in [0.05, 0.1) is 6.10 Å². The third-order valence-corrected chi connectivity index (χ3v) is 8.75. The predicted molar refractivity (Wildman–Crippen MR) is 139 cm³/mol. The second-order valence-corrected chi connectivity index (χ2v) is 10.6. The van der Waals surface area contributed by atoms with E-state index in [1.807, 2.05) is 11.8 Å². The van der Waals surface area contributed by atoms with Crippen molar-refractivity contribution in [2.75, 3.05) is 37.7 Å². The van der Waals surface area contributed by atoms with Crippen molar-refractivity contribution in [3.63, 3.8) is 0 Å². The first-order valence-corrected chi connectivity index (χ1v) is 13.4. The Morgan fingerprint density at radius 3 is 2.42 bits per heavy atom. The van der Waals surface area contributed by atoms with Crippen LogP contribution in [0.4, 0.5) is 0 Å². The lowest BCUT2D eigenvalue weighted by atomic mass is 9.51. The zero-order valence-corrected chi connectivity index (χ0v) is 22.4. The van der Waals surface area contributed by atoms with Crippen molar-refractivity contribution < 1.29 is 9.53 Å². The normalized spacial score (nSPS) is 32.5. The number of aliphatic imine (C=N–C) groups is 1. The molecule has 3 saturated carbocycles. The Bertz CT molecular complexity index is 617. The van der Waals surface area contributed by atoms with Gasteiger partial charge in [0.25, 0.3) is 0 Å². The molecule has 31 heavy (non-hydrogen) atoms. The van der Waals surface area contributed by atoms with Gasteiger partial charge in [0.2, 0.25) is 5.91 Å². The summed E-state index contributed by atoms with van der Waals surface area (Å²) < 4.78 is 6.00. The number of nitrogens with zero attached hydrogens (tertiary/aromatic N) is 2. The lowest BCUT2D eigenvalue weighted by Gasteiger charge is -2.61. The Hall–Kier alpha value is -0.220. The number of thioether (sulfide) groups is 1. The zero-order valence-electron chi connectivity index (χ0n) is 19.2. The largest absolute Gasteiger partial charge is 0.378 e. The summed E-state index contributed by atoms with van der Waals surface area (Å²) in [7, 11) is 0. The Balaban J connectivity index is 0.00000272. The number of halogens is 1. The molecule has 2 atom stereocenters. The van der Waals surface area contributed by atoms with Crippen LogP contribution < -0.4 is 10.6 Å². The Morgan fingerprint density at radius 1 is 1.13 bits per heavy atom. The molecule has 3 aliphatic carbocycles. The van der Waals surface area contributed by atoms with Crippen molar-refractivity contribution in [2.24, 2.45) is 16.3 Å². The second kappa shape index (κ2) is 11.8. The van der Waals surface area contributed by atoms with Crippen LogP contribution in [0.2, 0.25) is 0 Å². The Labute approximate surface area is 209 Å². The van der Waals surface area contributed by atoms with Gasteiger partial charge < -0.3 is 20.3 Å². The van der Waals surface area contributed by atoms with Gasteiger partial charge in [0.15, 0.2) is 5.96 Å². The first kappa shape index (κ1) is 25.4. The number of ether oxygens (including phenoxy) is 1. The molecule has 1 aliphatic heterocycles. The van der Waals surface area contributed by atoms with Gasteiger partial charge in [-0.25, -0.2) is 0 Å². The van der Waals surface area contributed by atoms with Gasteiger partial charge in [-0.2, -0.15) is 11.8 Å². The van der Waals surface area contributed by atoms with Crippen LogP contribution >= 0.6 is 35.7 Å². The lowest BCUT2D eigenvalue weighted by Crippen LogP contribution is -2.69. The van der Waals surface area contributed by atoms with Crippen LogP contribution in [0.25, 0.3) is 0 Å². The number of carbonyl (C=O) groups is 1. The van der Waals surface area contributed by atoms with Gasteiger partial charge in [0.1, 0.15) is 0 Å². The highest BCUT2D eigenvalue weighted by Gasteiger charge is 2.59. The van der Waals surface area contributed by atoms with Crippen LogP contribution in [0.15, 0.2) is 4.99 Å². The van der Waals surface area contributed by atoms with E-state index in [-0.39, 0.29) is 29.9 Å². The van der Waals surface area contributed by atoms with E-state index in [0.717, 1.165) is 75.8 Å². The highest BCUT2D eigenvalue weighted by atomic mass is 127. The highest BCUT2D eigenvalue weighted by molar-refractivity contribution is 14.0. The van der Waals surface area contributed by atoms with Crippen LogP contribution in [0.3, 0.4) is 0 Å². The molecule has 0 radical (unpaired) electrons. The minimum atomic E-state index is 0. The molecule has 0 aromatic carbocycles. The number of amides is 1. The summed E-state index contributed by atoms with van der Waals surface area (Å²) in [5.74, 6) is 3.78. The van der Waals surface area contributed by atoms with E-state index in [9.17, 15) is 4.79 Å². The fraction of sp³-hybridized carbons (Fsp3) is 0.913. The molecule has 8 heteroatoms. The first-order valence-electron chi connectivity index (χ1n) is 12.2. The third kappa shape index (κ3) is 5.65. The molecule has 4 aliphatic rings. The molecular formula is C23H41IN4O2S. The highest BCUT2D eigenvalue weighted by Crippen LogP contribution is 2.57. The van der Waals surface area contributed by atoms with Crippen molar-refractivity contribution in [2.45, 2.75) is 83.4 Å². The summed E-state index contributed by atoms with van der Waals surface area (Å²) in [4.78, 5) is 19.7. The smallest absolute Gasteiger partial charge is 0.225 e. The van der Waals surface area contributed by atoms with E-state index < -0.39 is 0 Å². The number of carbonyl (C=O) groups excluding carboxylic acids is 1. The van der Waals surface area contributed by atoms with Crippen LogP contribution in [0.1, 0.15) is 65.2 Å². The van der Waals surface area contributed by atoms with Crippen molar-refractivity contribution in [3.8, 4) is 0 Å². The molecule has 2 unspecified atom stereocenters. The summed E-state index contributed by atoms with van der Waals surface area (Å²) in [6.45, 7) is 7.66. The van der Waals surface area contributed by atoms with Gasteiger partial charge in [-0.1, -0.05) is 6.42 Å². The molecular weight excluding hydrogens is 523 g/mol. The van der Waals surface area contributed by atoms with Crippen molar-refractivity contribution in [1.82, 2.24) is 15.5 Å². The van der Waals surface area contributed by atoms with Crippen LogP contribution in [-0.4, -0.2) is 72.7 Å². The van der Waals surface area contributed by atoms with Crippen LogP contribution in [0, 0.1) is 11.3 Å². The minimum Gasteiger partial charge on any atom is -0.378 e. The second-order valence-electron chi connectivity index (χ2n) is 9.42. The summed E-state index contributed by atoms with van der Waals surface area (Å²) in [5, 5.41) is 7.45. The Kier molecular flexibility index (Phi) is 9.64. The number of hydrogen-bond acceptors (Lipinski definition) is 4. The van der Waals surface area contributed by atoms with Gasteiger partial charge in [-0.3, -0.25) is 9.79 Å². The van der Waals surface area contributed by atoms with E-state index in [1.165, 1.54) is 19.3 Å². The minimum absolute atomic E-state index is 0. The maximum Gasteiger partial charge on any atom is 0.225 e. The molecule has 0 bridgehead atoms. The van der Waals surface area contributed by atoms with Gasteiger partial charge in [-0.15, -0.1) is 24.0 Å². The van der Waals surface area contributed by atoms with Crippen LogP contribution in [-0.2, 0) is 9.53 Å². The van der Waals surface area contributed by atoms with E-state index in [0.29, 0.717) is 29.5 Å². The third-order valence-electron chi connectivity index (χ3n) is 7.80. The molecule has 6 nitrogen and oxygen atoms in total. The fourth-order valence-electron chi connectivity index (χ4n) is 5.82. The van der Waals surface area contributed by atoms with Gasteiger partial charge in [-0.05, 0) is 58.8 Å². The molecule has 4 fully saturated rings. The van der Waals surface area contributed by atoms with Gasteiger partial charge in [0, 0.05) is 61.2 Å². The number of guanidine groups is 1. The van der Waals surface area contributed by atoms with E-state index >= 15 is 0 Å². The Morgan fingerprint density at radius 2 is 1.84 bits per heavy atom. The average Bonchev–Trinajstić information content (AvgIpc) is 2.72. The van der Waals surface area contributed by atoms with Crippen molar-refractivity contribution in [3.05, 3.63) is 0 Å². The number of rotatable bonds is 6. The van der Waals surface area contributed by atoms with E-state index in [2.05, 4.69) is 29.4 Å². The summed E-state index contributed by atoms with van der Waals surface area (Å²) in [6.07, 6.45) is 9.50. The molecule has 4 rings (SSSR count). The molecule has 0 aromatic heterocycles. The molecule has 178 valence electrons. The molecule has 2 N–H and O–H groups in total. The standard InChI is InChI=1S/C23H40N4O2S.HI/c1-3-24-22(26-19-16-20(29-4-2)23(19)10-5-11-23)25-18-8-6-17(7-9-18)21(28)27-12-14-30-15-13-27;/h17-20H,3-16H2,1-2H3,(H2,24,25,26);1H.